The molecule has 33 heavy (non-hydrogen) atoms. The Kier molecular flexibility index (Phi) is 5.02. The van der Waals surface area contributed by atoms with Crippen molar-refractivity contribution in [1.82, 2.24) is 29.8 Å². The normalized spacial score (nSPS) is 11.6. The first-order chi connectivity index (χ1) is 15.9. The molecular formula is C21H10F3N7OS. The molecule has 0 radical (unpaired) electrons. The van der Waals surface area contributed by atoms with Crippen LogP contribution in [0, 0.1) is 11.3 Å². The molecule has 3 heterocycles. The van der Waals surface area contributed by atoms with E-state index in [0.717, 1.165) is 23.9 Å². The van der Waals surface area contributed by atoms with Crippen LogP contribution in [0.3, 0.4) is 0 Å². The maximum absolute atomic E-state index is 12.9. The summed E-state index contributed by atoms with van der Waals surface area (Å²) < 4.78 is 45.8. The van der Waals surface area contributed by atoms with Gasteiger partial charge < -0.3 is 4.42 Å². The second-order valence-electron chi connectivity index (χ2n) is 6.69. The number of halogens is 3. The van der Waals surface area contributed by atoms with Gasteiger partial charge in [0.05, 0.1) is 22.9 Å². The van der Waals surface area contributed by atoms with E-state index in [-0.39, 0.29) is 16.9 Å². The largest absolute Gasteiger partial charge is 0.416 e. The molecule has 5 rings (SSSR count). The first-order valence-electron chi connectivity index (χ1n) is 9.31. The molecule has 0 fully saturated rings. The zero-order valence-corrected chi connectivity index (χ0v) is 17.2. The lowest BCUT2D eigenvalue weighted by Crippen LogP contribution is -2.04. The summed E-state index contributed by atoms with van der Waals surface area (Å²) in [4.78, 5) is 8.46. The topological polar surface area (TPSA) is 106 Å². The highest BCUT2D eigenvalue weighted by atomic mass is 32.2. The number of rotatable bonds is 4. The van der Waals surface area contributed by atoms with Crippen LogP contribution >= 0.6 is 11.8 Å². The number of hydrogen-bond donors (Lipinski definition) is 0. The quantitative estimate of drug-likeness (QED) is 0.346. The monoisotopic (exact) mass is 465 g/mol. The zero-order valence-electron chi connectivity index (χ0n) is 16.4. The van der Waals surface area contributed by atoms with Crippen LogP contribution in [0.15, 0.2) is 75.6 Å². The summed E-state index contributed by atoms with van der Waals surface area (Å²) in [6, 6.07) is 15.1. The summed E-state index contributed by atoms with van der Waals surface area (Å²) in [5, 5.41) is 21.9. The second kappa shape index (κ2) is 8.03. The molecule has 162 valence electrons. The van der Waals surface area contributed by atoms with Crippen LogP contribution < -0.4 is 0 Å². The summed E-state index contributed by atoms with van der Waals surface area (Å²) in [5.74, 6) is 0.538. The van der Waals surface area contributed by atoms with E-state index in [1.165, 1.54) is 23.0 Å². The standard InChI is InChI=1S/C21H10F3N7OS/c22-21(23,24)15-7-5-13(6-8-15)16-9-17(31-19(28-16)26-11-27-31)33-20-30-29-18(32-20)14-3-1-12(10-25)2-4-14/h1-9,11H. The van der Waals surface area contributed by atoms with Gasteiger partial charge in [-0.3, -0.25) is 0 Å². The van der Waals surface area contributed by atoms with Crippen molar-refractivity contribution in [3.63, 3.8) is 0 Å². The third-order valence-corrected chi connectivity index (χ3v) is 5.43. The highest BCUT2D eigenvalue weighted by Crippen LogP contribution is 2.33. The van der Waals surface area contributed by atoms with Crippen LogP contribution in [0.25, 0.3) is 28.5 Å². The Labute approximate surface area is 187 Å². The lowest BCUT2D eigenvalue weighted by Gasteiger charge is -2.08. The molecule has 2 aromatic carbocycles. The summed E-state index contributed by atoms with van der Waals surface area (Å²) in [5.41, 5.74) is 1.32. The van der Waals surface area contributed by atoms with E-state index in [0.29, 0.717) is 27.4 Å². The Hall–Kier alpha value is -4.24. The van der Waals surface area contributed by atoms with Crippen LogP contribution in [-0.2, 0) is 6.18 Å². The second-order valence-corrected chi connectivity index (χ2v) is 7.66. The number of nitriles is 1. The molecule has 0 N–H and O–H groups in total. The van der Waals surface area contributed by atoms with Crippen molar-refractivity contribution in [2.24, 2.45) is 0 Å². The lowest BCUT2D eigenvalue weighted by molar-refractivity contribution is -0.137. The molecule has 8 nitrogen and oxygen atoms in total. The molecule has 0 saturated carbocycles. The molecule has 0 bridgehead atoms. The molecule has 0 atom stereocenters. The van der Waals surface area contributed by atoms with Crippen LogP contribution in [0.4, 0.5) is 13.2 Å². The van der Waals surface area contributed by atoms with E-state index < -0.39 is 11.7 Å². The van der Waals surface area contributed by atoms with E-state index in [2.05, 4.69) is 25.3 Å². The first kappa shape index (κ1) is 20.7. The number of benzene rings is 2. The predicted octanol–water partition coefficient (Wildman–Crippen LogP) is 4.88. The average molecular weight is 465 g/mol. The van der Waals surface area contributed by atoms with Crippen molar-refractivity contribution < 1.29 is 17.6 Å². The van der Waals surface area contributed by atoms with Crippen molar-refractivity contribution in [3.05, 3.63) is 72.1 Å². The fourth-order valence-corrected chi connectivity index (χ4v) is 3.75. The van der Waals surface area contributed by atoms with Gasteiger partial charge in [-0.1, -0.05) is 12.1 Å². The van der Waals surface area contributed by atoms with Crippen molar-refractivity contribution in [2.75, 3.05) is 0 Å². The minimum Gasteiger partial charge on any atom is -0.411 e. The Morgan fingerprint density at radius 1 is 0.970 bits per heavy atom. The smallest absolute Gasteiger partial charge is 0.411 e. The van der Waals surface area contributed by atoms with Gasteiger partial charge in [-0.2, -0.15) is 33.0 Å². The highest BCUT2D eigenvalue weighted by molar-refractivity contribution is 7.99. The van der Waals surface area contributed by atoms with Crippen LogP contribution in [0.2, 0.25) is 0 Å². The van der Waals surface area contributed by atoms with Crippen LogP contribution in [0.5, 0.6) is 0 Å². The number of alkyl halides is 3. The Bertz CT molecular complexity index is 1490. The Morgan fingerprint density at radius 3 is 2.39 bits per heavy atom. The zero-order chi connectivity index (χ0) is 23.0. The van der Waals surface area contributed by atoms with Crippen molar-refractivity contribution in [1.29, 1.82) is 5.26 Å². The summed E-state index contributed by atoms with van der Waals surface area (Å²) in [6.45, 7) is 0. The van der Waals surface area contributed by atoms with Gasteiger partial charge in [0.25, 0.3) is 11.0 Å². The number of nitrogens with zero attached hydrogens (tertiary/aromatic N) is 7. The van der Waals surface area contributed by atoms with Crippen molar-refractivity contribution >= 4 is 17.5 Å². The minimum atomic E-state index is -4.42. The molecule has 0 aliphatic carbocycles. The first-order valence-corrected chi connectivity index (χ1v) is 10.1. The molecule has 0 unspecified atom stereocenters. The van der Waals surface area contributed by atoms with Gasteiger partial charge in [-0.05, 0) is 54.2 Å². The predicted molar refractivity (Wildman–Crippen MR) is 110 cm³/mol. The third kappa shape index (κ3) is 4.13. The van der Waals surface area contributed by atoms with Gasteiger partial charge in [0.15, 0.2) is 0 Å². The SMILES string of the molecule is N#Cc1ccc(-c2nnc(Sc3cc(-c4ccc(C(F)(F)F)cc4)nc4ncnn34)o2)cc1. The van der Waals surface area contributed by atoms with Crippen molar-refractivity contribution in [2.45, 2.75) is 16.4 Å². The Morgan fingerprint density at radius 2 is 1.70 bits per heavy atom. The van der Waals surface area contributed by atoms with Crippen LogP contribution in [-0.4, -0.2) is 29.8 Å². The van der Waals surface area contributed by atoms with Gasteiger partial charge in [0.2, 0.25) is 5.89 Å². The van der Waals surface area contributed by atoms with E-state index in [4.69, 9.17) is 9.68 Å². The summed E-state index contributed by atoms with van der Waals surface area (Å²) >= 11 is 1.11. The fraction of sp³-hybridized carbons (Fsp3) is 0.0476. The minimum absolute atomic E-state index is 0.218. The van der Waals surface area contributed by atoms with Gasteiger partial charge in [-0.15, -0.1) is 10.2 Å². The Balaban J connectivity index is 1.47. The van der Waals surface area contributed by atoms with E-state index >= 15 is 0 Å². The van der Waals surface area contributed by atoms with Gasteiger partial charge >= 0.3 is 6.18 Å². The molecule has 5 aromatic rings. The number of aromatic nitrogens is 6. The lowest BCUT2D eigenvalue weighted by atomic mass is 10.1. The maximum Gasteiger partial charge on any atom is 0.416 e. The molecular weight excluding hydrogens is 455 g/mol. The molecule has 3 aromatic heterocycles. The molecule has 0 saturated heterocycles. The van der Waals surface area contributed by atoms with E-state index in [1.54, 1.807) is 30.3 Å². The van der Waals surface area contributed by atoms with Crippen molar-refractivity contribution in [3.8, 4) is 28.8 Å². The molecule has 0 aliphatic heterocycles. The molecule has 12 heteroatoms. The van der Waals surface area contributed by atoms with Crippen LogP contribution in [0.1, 0.15) is 11.1 Å². The summed E-state index contributed by atoms with van der Waals surface area (Å²) in [6.07, 6.45) is -3.10. The molecule has 0 amide bonds. The van der Waals surface area contributed by atoms with Gasteiger partial charge in [-0.25, -0.2) is 4.98 Å². The van der Waals surface area contributed by atoms with Gasteiger partial charge in [0, 0.05) is 11.1 Å². The third-order valence-electron chi connectivity index (χ3n) is 4.59. The van der Waals surface area contributed by atoms with E-state index in [9.17, 15) is 13.2 Å². The molecule has 0 spiro atoms. The summed E-state index contributed by atoms with van der Waals surface area (Å²) in [7, 11) is 0. The van der Waals surface area contributed by atoms with Gasteiger partial charge in [0.1, 0.15) is 11.4 Å². The van der Waals surface area contributed by atoms with E-state index in [1.807, 2.05) is 6.07 Å². The fourth-order valence-electron chi connectivity index (χ4n) is 2.98. The average Bonchev–Trinajstić information content (AvgIpc) is 3.48. The number of hydrogen-bond acceptors (Lipinski definition) is 8. The number of fused-ring (bicyclic) bond motifs is 1. The molecule has 0 aliphatic rings. The maximum atomic E-state index is 12.9. The highest BCUT2D eigenvalue weighted by Gasteiger charge is 2.30.